The number of hydrogen-bond donors (Lipinski definition) is 1. The fourth-order valence-corrected chi connectivity index (χ4v) is 2.96. The van der Waals surface area contributed by atoms with Crippen molar-refractivity contribution in [2.75, 3.05) is 5.88 Å². The predicted molar refractivity (Wildman–Crippen MR) is 72.3 cm³/mol. The Hall–Kier alpha value is -0.600. The largest absolute Gasteiger partial charge is 0.308 e. The molecule has 0 aromatic carbocycles. The lowest BCUT2D eigenvalue weighted by atomic mass is 9.86. The Morgan fingerprint density at radius 3 is 2.94 bits per heavy atom. The third-order valence-electron chi connectivity index (χ3n) is 3.60. The molecule has 1 saturated carbocycles. The molecule has 2 atom stereocenters. The maximum atomic E-state index is 6.03. The zero-order valence-corrected chi connectivity index (χ0v) is 11.2. The van der Waals surface area contributed by atoms with Gasteiger partial charge in [0, 0.05) is 24.2 Å². The van der Waals surface area contributed by atoms with Crippen molar-refractivity contribution in [2.45, 2.75) is 45.2 Å². The van der Waals surface area contributed by atoms with Crippen LogP contribution in [0.15, 0.2) is 18.2 Å². The molecular weight excluding hydrogens is 232 g/mol. The number of pyridine rings is 1. The summed E-state index contributed by atoms with van der Waals surface area (Å²) in [6, 6.07) is 6.76. The number of rotatable bonds is 4. The molecule has 2 rings (SSSR count). The van der Waals surface area contributed by atoms with Crippen molar-refractivity contribution in [1.82, 2.24) is 10.3 Å². The van der Waals surface area contributed by atoms with Crippen molar-refractivity contribution in [2.24, 2.45) is 5.92 Å². The summed E-state index contributed by atoms with van der Waals surface area (Å²) in [5.74, 6) is 1.41. The number of alkyl halides is 1. The number of nitrogens with one attached hydrogen (secondary N) is 1. The highest BCUT2D eigenvalue weighted by atomic mass is 35.5. The van der Waals surface area contributed by atoms with E-state index >= 15 is 0 Å². The van der Waals surface area contributed by atoms with Gasteiger partial charge in [-0.15, -0.1) is 11.6 Å². The quantitative estimate of drug-likeness (QED) is 0.832. The summed E-state index contributed by atoms with van der Waals surface area (Å²) in [6.07, 6.45) is 5.18. The molecule has 1 heterocycles. The van der Waals surface area contributed by atoms with Crippen LogP contribution in [0.2, 0.25) is 0 Å². The summed E-state index contributed by atoms with van der Waals surface area (Å²) in [4.78, 5) is 4.51. The average molecular weight is 253 g/mol. The SMILES string of the molecule is Cc1cccc(CNC2CCCCC2CCl)n1. The molecule has 94 valence electrons. The van der Waals surface area contributed by atoms with Crippen molar-refractivity contribution in [3.63, 3.8) is 0 Å². The Bertz CT molecular complexity index is 354. The summed E-state index contributed by atoms with van der Waals surface area (Å²) < 4.78 is 0. The smallest absolute Gasteiger partial charge is 0.0544 e. The second-order valence-electron chi connectivity index (χ2n) is 4.96. The number of nitrogens with zero attached hydrogens (tertiary/aromatic N) is 1. The Morgan fingerprint density at radius 2 is 2.18 bits per heavy atom. The first kappa shape index (κ1) is 12.8. The molecule has 2 unspecified atom stereocenters. The molecule has 0 radical (unpaired) electrons. The summed E-state index contributed by atoms with van der Waals surface area (Å²) in [6.45, 7) is 2.89. The third-order valence-corrected chi connectivity index (χ3v) is 4.00. The number of hydrogen-bond acceptors (Lipinski definition) is 2. The topological polar surface area (TPSA) is 24.9 Å². The number of halogens is 1. The van der Waals surface area contributed by atoms with E-state index in [1.165, 1.54) is 25.7 Å². The Morgan fingerprint density at radius 1 is 1.35 bits per heavy atom. The van der Waals surface area contributed by atoms with Gasteiger partial charge in [-0.3, -0.25) is 4.98 Å². The molecule has 1 aromatic heterocycles. The maximum Gasteiger partial charge on any atom is 0.0544 e. The Balaban J connectivity index is 1.88. The second-order valence-corrected chi connectivity index (χ2v) is 5.27. The van der Waals surface area contributed by atoms with E-state index in [4.69, 9.17) is 11.6 Å². The highest BCUT2D eigenvalue weighted by Crippen LogP contribution is 2.25. The summed E-state index contributed by atoms with van der Waals surface area (Å²) in [5.41, 5.74) is 2.21. The summed E-state index contributed by atoms with van der Waals surface area (Å²) in [7, 11) is 0. The van der Waals surface area contributed by atoms with Gasteiger partial charge in [0.25, 0.3) is 0 Å². The van der Waals surface area contributed by atoms with Crippen LogP contribution >= 0.6 is 11.6 Å². The highest BCUT2D eigenvalue weighted by Gasteiger charge is 2.23. The van der Waals surface area contributed by atoms with E-state index in [9.17, 15) is 0 Å². The Kier molecular flexibility index (Phi) is 4.81. The fourth-order valence-electron chi connectivity index (χ4n) is 2.59. The predicted octanol–water partition coefficient (Wildman–Crippen LogP) is 3.28. The van der Waals surface area contributed by atoms with Gasteiger partial charge in [-0.2, -0.15) is 0 Å². The van der Waals surface area contributed by atoms with Crippen LogP contribution in [0.25, 0.3) is 0 Å². The zero-order valence-electron chi connectivity index (χ0n) is 10.5. The molecule has 0 aliphatic heterocycles. The van der Waals surface area contributed by atoms with Gasteiger partial charge in [0.15, 0.2) is 0 Å². The van der Waals surface area contributed by atoms with E-state index < -0.39 is 0 Å². The van der Waals surface area contributed by atoms with Crippen LogP contribution in [0.4, 0.5) is 0 Å². The van der Waals surface area contributed by atoms with E-state index in [1.54, 1.807) is 0 Å². The number of aryl methyl sites for hydroxylation is 1. The molecule has 17 heavy (non-hydrogen) atoms. The fraction of sp³-hybridized carbons (Fsp3) is 0.643. The maximum absolute atomic E-state index is 6.03. The average Bonchev–Trinajstić information content (AvgIpc) is 2.37. The van der Waals surface area contributed by atoms with Crippen LogP contribution in [0.5, 0.6) is 0 Å². The summed E-state index contributed by atoms with van der Waals surface area (Å²) >= 11 is 6.03. The monoisotopic (exact) mass is 252 g/mol. The first-order valence-electron chi connectivity index (χ1n) is 6.51. The van der Waals surface area contributed by atoms with Crippen LogP contribution in [0.1, 0.15) is 37.1 Å². The summed E-state index contributed by atoms with van der Waals surface area (Å²) in [5, 5.41) is 3.62. The van der Waals surface area contributed by atoms with E-state index in [0.717, 1.165) is 23.8 Å². The van der Waals surface area contributed by atoms with Gasteiger partial charge in [-0.05, 0) is 37.8 Å². The first-order valence-corrected chi connectivity index (χ1v) is 7.05. The highest BCUT2D eigenvalue weighted by molar-refractivity contribution is 6.18. The van der Waals surface area contributed by atoms with Crippen LogP contribution in [-0.4, -0.2) is 16.9 Å². The lowest BCUT2D eigenvalue weighted by Gasteiger charge is -2.30. The molecule has 0 spiro atoms. The molecule has 1 fully saturated rings. The van der Waals surface area contributed by atoms with Crippen LogP contribution in [0.3, 0.4) is 0 Å². The molecule has 3 heteroatoms. The minimum atomic E-state index is 0.573. The van der Waals surface area contributed by atoms with E-state index in [0.29, 0.717) is 12.0 Å². The van der Waals surface area contributed by atoms with Crippen molar-refractivity contribution in [1.29, 1.82) is 0 Å². The lowest BCUT2D eigenvalue weighted by molar-refractivity contribution is 0.281. The zero-order chi connectivity index (χ0) is 12.1. The van der Waals surface area contributed by atoms with Crippen molar-refractivity contribution in [3.05, 3.63) is 29.6 Å². The van der Waals surface area contributed by atoms with E-state index in [-0.39, 0.29) is 0 Å². The van der Waals surface area contributed by atoms with E-state index in [2.05, 4.69) is 22.4 Å². The van der Waals surface area contributed by atoms with Gasteiger partial charge < -0.3 is 5.32 Å². The first-order chi connectivity index (χ1) is 8.29. The minimum absolute atomic E-state index is 0.573. The molecule has 0 bridgehead atoms. The number of aromatic nitrogens is 1. The third kappa shape index (κ3) is 3.68. The van der Waals surface area contributed by atoms with Gasteiger partial charge in [0.05, 0.1) is 5.69 Å². The Labute approximate surface area is 109 Å². The molecule has 1 aromatic rings. The van der Waals surface area contributed by atoms with Crippen LogP contribution < -0.4 is 5.32 Å². The molecule has 2 nitrogen and oxygen atoms in total. The standard InChI is InChI=1S/C14H21ClN2/c1-11-5-4-7-13(17-11)10-16-14-8-3-2-6-12(14)9-15/h4-5,7,12,14,16H,2-3,6,8-10H2,1H3. The van der Waals surface area contributed by atoms with Gasteiger partial charge in [0.1, 0.15) is 0 Å². The van der Waals surface area contributed by atoms with Gasteiger partial charge in [-0.25, -0.2) is 0 Å². The van der Waals surface area contributed by atoms with Crippen LogP contribution in [-0.2, 0) is 6.54 Å². The van der Waals surface area contributed by atoms with Gasteiger partial charge >= 0.3 is 0 Å². The van der Waals surface area contributed by atoms with E-state index in [1.807, 2.05) is 13.0 Å². The van der Waals surface area contributed by atoms with Crippen molar-refractivity contribution in [3.8, 4) is 0 Å². The van der Waals surface area contributed by atoms with Crippen molar-refractivity contribution >= 4 is 11.6 Å². The lowest BCUT2D eigenvalue weighted by Crippen LogP contribution is -2.39. The normalized spacial score (nSPS) is 24.8. The molecule has 1 aliphatic carbocycles. The van der Waals surface area contributed by atoms with Crippen molar-refractivity contribution < 1.29 is 0 Å². The minimum Gasteiger partial charge on any atom is -0.308 e. The molecule has 0 amide bonds. The molecule has 0 saturated heterocycles. The molecular formula is C14H21ClN2. The second kappa shape index (κ2) is 6.36. The van der Waals surface area contributed by atoms with Crippen LogP contribution in [0, 0.1) is 12.8 Å². The van der Waals surface area contributed by atoms with Gasteiger partial charge in [0.2, 0.25) is 0 Å². The van der Waals surface area contributed by atoms with Gasteiger partial charge in [-0.1, -0.05) is 18.9 Å². The molecule has 1 aliphatic rings. The molecule has 1 N–H and O–H groups in total.